The van der Waals surface area contributed by atoms with Crippen molar-refractivity contribution in [2.75, 3.05) is 26.7 Å². The van der Waals surface area contributed by atoms with Crippen LogP contribution in [0.1, 0.15) is 32.6 Å². The van der Waals surface area contributed by atoms with Crippen LogP contribution in [0.4, 0.5) is 0 Å². The normalized spacial score (nSPS) is 24.5. The third-order valence-electron chi connectivity index (χ3n) is 4.78. The average molecular weight is 368 g/mol. The van der Waals surface area contributed by atoms with Gasteiger partial charge in [-0.05, 0) is 25.7 Å². The number of piperidine rings is 1. The summed E-state index contributed by atoms with van der Waals surface area (Å²) in [5, 5.41) is 7.50. The van der Waals surface area contributed by atoms with E-state index in [1.54, 1.807) is 0 Å². The Balaban J connectivity index is 2.00. The van der Waals surface area contributed by atoms with Crippen molar-refractivity contribution in [1.82, 2.24) is 20.9 Å². The summed E-state index contributed by atoms with van der Waals surface area (Å²) in [6.07, 6.45) is 1.88. The number of esters is 1. The number of fused-ring (bicyclic) bond motifs is 1. The van der Waals surface area contributed by atoms with Crippen molar-refractivity contribution in [1.29, 1.82) is 0 Å². The van der Waals surface area contributed by atoms with E-state index in [-0.39, 0.29) is 30.8 Å². The van der Waals surface area contributed by atoms with Crippen LogP contribution in [0, 0.1) is 0 Å². The average Bonchev–Trinajstić information content (AvgIpc) is 3.06. The highest BCUT2D eigenvalue weighted by atomic mass is 16.5. The Morgan fingerprint density at radius 2 is 1.92 bits per heavy atom. The molecule has 0 saturated carbocycles. The molecule has 3 N–H and O–H groups in total. The Bertz CT molecular complexity index is 622. The summed E-state index contributed by atoms with van der Waals surface area (Å²) >= 11 is 0. The molecular weight excluding hydrogens is 344 g/mol. The fraction of sp³-hybridized carbons (Fsp3) is 0.688. The number of hydrogen-bond acceptors (Lipinski definition) is 6. The zero-order chi connectivity index (χ0) is 19.3. The molecule has 2 saturated heterocycles. The lowest BCUT2D eigenvalue weighted by molar-refractivity contribution is -0.153. The highest BCUT2D eigenvalue weighted by Gasteiger charge is 2.54. The number of nitrogens with one attached hydrogen (secondary N) is 3. The molecule has 0 aromatic rings. The van der Waals surface area contributed by atoms with Crippen LogP contribution in [0.15, 0.2) is 0 Å². The second kappa shape index (κ2) is 8.15. The van der Waals surface area contributed by atoms with Gasteiger partial charge in [0.05, 0.1) is 13.7 Å². The minimum Gasteiger partial charge on any atom is -0.468 e. The molecule has 2 fully saturated rings. The summed E-state index contributed by atoms with van der Waals surface area (Å²) in [5.41, 5.74) is -0.982. The number of carbonyl (C=O) groups excluding carboxylic acids is 5. The fourth-order valence-corrected chi connectivity index (χ4v) is 3.48. The zero-order valence-corrected chi connectivity index (χ0v) is 14.9. The quantitative estimate of drug-likeness (QED) is 0.467. The Kier molecular flexibility index (Phi) is 6.17. The van der Waals surface area contributed by atoms with Crippen LogP contribution in [-0.4, -0.2) is 72.8 Å². The lowest BCUT2D eigenvalue weighted by atomic mass is 9.83. The monoisotopic (exact) mass is 368 g/mol. The van der Waals surface area contributed by atoms with E-state index in [1.807, 2.05) is 0 Å². The molecule has 2 atom stereocenters. The van der Waals surface area contributed by atoms with Crippen LogP contribution in [0.5, 0.6) is 0 Å². The number of methoxy groups -OCH3 is 1. The Labute approximate surface area is 151 Å². The molecule has 0 unspecified atom stereocenters. The minimum atomic E-state index is -0.982. The molecule has 0 aliphatic carbocycles. The van der Waals surface area contributed by atoms with Crippen LogP contribution in [0.2, 0.25) is 0 Å². The van der Waals surface area contributed by atoms with Gasteiger partial charge < -0.3 is 25.6 Å². The molecule has 26 heavy (non-hydrogen) atoms. The van der Waals surface area contributed by atoms with Gasteiger partial charge in [0, 0.05) is 13.5 Å². The number of rotatable bonds is 6. The Morgan fingerprint density at radius 1 is 1.19 bits per heavy atom. The topological polar surface area (TPSA) is 134 Å². The van der Waals surface area contributed by atoms with Crippen molar-refractivity contribution in [2.45, 2.75) is 44.2 Å². The first-order chi connectivity index (χ1) is 12.3. The van der Waals surface area contributed by atoms with Crippen LogP contribution >= 0.6 is 0 Å². The van der Waals surface area contributed by atoms with E-state index in [4.69, 9.17) is 0 Å². The maximum Gasteiger partial charge on any atom is 0.325 e. The van der Waals surface area contributed by atoms with Gasteiger partial charge in [-0.3, -0.25) is 24.0 Å². The van der Waals surface area contributed by atoms with Crippen molar-refractivity contribution in [3.63, 3.8) is 0 Å². The third kappa shape index (κ3) is 4.12. The van der Waals surface area contributed by atoms with E-state index in [1.165, 1.54) is 18.9 Å². The molecule has 0 bridgehead atoms. The molecule has 0 aromatic carbocycles. The first kappa shape index (κ1) is 19.7. The van der Waals surface area contributed by atoms with Crippen LogP contribution in [0.25, 0.3) is 0 Å². The highest BCUT2D eigenvalue weighted by molar-refractivity contribution is 5.97. The van der Waals surface area contributed by atoms with Gasteiger partial charge in [-0.1, -0.05) is 0 Å². The van der Waals surface area contributed by atoms with Gasteiger partial charge >= 0.3 is 5.97 Å². The fourth-order valence-electron chi connectivity index (χ4n) is 3.48. The van der Waals surface area contributed by atoms with Crippen LogP contribution in [-0.2, 0) is 28.7 Å². The van der Waals surface area contributed by atoms with Gasteiger partial charge in [-0.2, -0.15) is 0 Å². The summed E-state index contributed by atoms with van der Waals surface area (Å²) in [4.78, 5) is 60.8. The van der Waals surface area contributed by atoms with Crippen molar-refractivity contribution < 1.29 is 28.7 Å². The predicted molar refractivity (Wildman–Crippen MR) is 88.6 cm³/mol. The number of nitrogens with zero attached hydrogens (tertiary/aromatic N) is 1. The van der Waals surface area contributed by atoms with Crippen molar-refractivity contribution in [2.24, 2.45) is 0 Å². The summed E-state index contributed by atoms with van der Waals surface area (Å²) < 4.78 is 4.51. The van der Waals surface area contributed by atoms with E-state index < -0.39 is 23.5 Å². The van der Waals surface area contributed by atoms with E-state index in [0.717, 1.165) is 0 Å². The third-order valence-corrected chi connectivity index (χ3v) is 4.78. The molecule has 2 aliphatic heterocycles. The number of ether oxygens (including phenoxy) is 1. The maximum absolute atomic E-state index is 12.7. The Morgan fingerprint density at radius 3 is 2.58 bits per heavy atom. The molecule has 4 amide bonds. The molecule has 0 spiro atoms. The van der Waals surface area contributed by atoms with E-state index in [0.29, 0.717) is 32.2 Å². The lowest BCUT2D eigenvalue weighted by Gasteiger charge is -2.43. The first-order valence-corrected chi connectivity index (χ1v) is 8.50. The number of carbonyl (C=O) groups is 5. The van der Waals surface area contributed by atoms with E-state index >= 15 is 0 Å². The van der Waals surface area contributed by atoms with Crippen LogP contribution in [0.3, 0.4) is 0 Å². The minimum absolute atomic E-state index is 0.204. The van der Waals surface area contributed by atoms with Gasteiger partial charge in [-0.25, -0.2) is 0 Å². The summed E-state index contributed by atoms with van der Waals surface area (Å²) in [5.74, 6) is -2.06. The van der Waals surface area contributed by atoms with Gasteiger partial charge in [0.1, 0.15) is 18.1 Å². The number of amides is 4. The van der Waals surface area contributed by atoms with E-state index in [2.05, 4.69) is 20.7 Å². The molecule has 10 nitrogen and oxygen atoms in total. The largest absolute Gasteiger partial charge is 0.468 e. The maximum atomic E-state index is 12.7. The Hall–Kier alpha value is -2.65. The molecule has 2 rings (SSSR count). The smallest absolute Gasteiger partial charge is 0.325 e. The standard InChI is InChI=1S/C16H24N4O6/c1-10(21)17-8-12(22)19-11-4-6-16(5-3-7-20(16)14(11)24)15(25)18-9-13(23)26-2/h11H,3-9H2,1-2H3,(H,17,21)(H,18,25)(H,19,22)/t11-,16-/m1/s1. The van der Waals surface area contributed by atoms with Gasteiger partial charge in [0.2, 0.25) is 23.6 Å². The molecule has 2 aliphatic rings. The van der Waals surface area contributed by atoms with Gasteiger partial charge in [-0.15, -0.1) is 0 Å². The zero-order valence-electron chi connectivity index (χ0n) is 14.9. The summed E-state index contributed by atoms with van der Waals surface area (Å²) in [6, 6.07) is -0.726. The van der Waals surface area contributed by atoms with E-state index in [9.17, 15) is 24.0 Å². The van der Waals surface area contributed by atoms with Gasteiger partial charge in [0.15, 0.2) is 0 Å². The predicted octanol–water partition coefficient (Wildman–Crippen LogP) is -1.95. The second-order valence-corrected chi connectivity index (χ2v) is 6.45. The summed E-state index contributed by atoms with van der Waals surface area (Å²) in [6.45, 7) is 1.26. The molecule has 144 valence electrons. The molecule has 2 heterocycles. The second-order valence-electron chi connectivity index (χ2n) is 6.45. The van der Waals surface area contributed by atoms with Crippen LogP contribution < -0.4 is 16.0 Å². The lowest BCUT2D eigenvalue weighted by Crippen LogP contribution is -2.65. The van der Waals surface area contributed by atoms with Crippen molar-refractivity contribution >= 4 is 29.6 Å². The first-order valence-electron chi connectivity index (χ1n) is 8.50. The van der Waals surface area contributed by atoms with Gasteiger partial charge in [0.25, 0.3) is 0 Å². The van der Waals surface area contributed by atoms with Crippen molar-refractivity contribution in [3.05, 3.63) is 0 Å². The molecule has 10 heteroatoms. The number of hydrogen-bond donors (Lipinski definition) is 3. The molecule has 0 radical (unpaired) electrons. The molecule has 0 aromatic heterocycles. The molecular formula is C16H24N4O6. The summed E-state index contributed by atoms with van der Waals surface area (Å²) in [7, 11) is 1.23. The highest BCUT2D eigenvalue weighted by Crippen LogP contribution is 2.38. The van der Waals surface area contributed by atoms with Crippen molar-refractivity contribution in [3.8, 4) is 0 Å². The SMILES string of the molecule is COC(=O)CNC(=O)[C@]12CCCN1C(=O)[C@H](NC(=O)CNC(C)=O)CC2.